The molecule has 88 valence electrons. The van der Waals surface area contributed by atoms with E-state index in [4.69, 9.17) is 0 Å². The van der Waals surface area contributed by atoms with Crippen LogP contribution >= 0.6 is 22.6 Å². The van der Waals surface area contributed by atoms with Gasteiger partial charge < -0.3 is 5.32 Å². The molecule has 1 atom stereocenters. The van der Waals surface area contributed by atoms with E-state index in [1.54, 1.807) is 12.1 Å². The lowest BCUT2D eigenvalue weighted by Gasteiger charge is -2.22. The van der Waals surface area contributed by atoms with Crippen molar-refractivity contribution in [3.63, 3.8) is 0 Å². The Morgan fingerprint density at radius 2 is 1.94 bits per heavy atom. The standard InChI is InChI=1S/C11H14INO2S/c12-9-3-5-10(6-4-9)16(14,15)11-2-1-7-13-8-11/h3-6,11,13H,1-2,7-8H2/t11-/m0/s1. The first kappa shape index (κ1) is 12.3. The van der Waals surface area contributed by atoms with Crippen LogP contribution in [0.2, 0.25) is 0 Å². The predicted molar refractivity (Wildman–Crippen MR) is 72.2 cm³/mol. The molecule has 16 heavy (non-hydrogen) atoms. The van der Waals surface area contributed by atoms with Crippen LogP contribution in [-0.4, -0.2) is 26.8 Å². The molecule has 0 unspecified atom stereocenters. The normalized spacial score (nSPS) is 21.9. The molecule has 0 bridgehead atoms. The Kier molecular flexibility index (Phi) is 3.86. The number of hydrogen-bond acceptors (Lipinski definition) is 3. The summed E-state index contributed by atoms with van der Waals surface area (Å²) in [4.78, 5) is 0.446. The highest BCUT2D eigenvalue weighted by molar-refractivity contribution is 14.1. The molecule has 1 aliphatic rings. The van der Waals surface area contributed by atoms with E-state index in [0.717, 1.165) is 23.0 Å². The van der Waals surface area contributed by atoms with Gasteiger partial charge in [-0.05, 0) is 66.2 Å². The smallest absolute Gasteiger partial charge is 0.182 e. The lowest BCUT2D eigenvalue weighted by atomic mass is 10.2. The zero-order valence-electron chi connectivity index (χ0n) is 8.82. The fourth-order valence-electron chi connectivity index (χ4n) is 1.90. The maximum absolute atomic E-state index is 12.3. The largest absolute Gasteiger partial charge is 0.315 e. The summed E-state index contributed by atoms with van der Waals surface area (Å²) in [7, 11) is -3.14. The highest BCUT2D eigenvalue weighted by Crippen LogP contribution is 2.21. The summed E-state index contributed by atoms with van der Waals surface area (Å²) in [5.41, 5.74) is 0. The van der Waals surface area contributed by atoms with E-state index in [0.29, 0.717) is 11.4 Å². The second-order valence-corrected chi connectivity index (χ2v) is 7.44. The Morgan fingerprint density at radius 3 is 2.50 bits per heavy atom. The zero-order valence-corrected chi connectivity index (χ0v) is 11.8. The Hall–Kier alpha value is -0.140. The van der Waals surface area contributed by atoms with Crippen molar-refractivity contribution in [2.24, 2.45) is 0 Å². The van der Waals surface area contributed by atoms with Crippen LogP contribution in [0.25, 0.3) is 0 Å². The molecule has 1 fully saturated rings. The van der Waals surface area contributed by atoms with Gasteiger partial charge in [0.05, 0.1) is 10.1 Å². The van der Waals surface area contributed by atoms with Crippen LogP contribution in [0.15, 0.2) is 29.2 Å². The Balaban J connectivity index is 2.27. The number of nitrogens with one attached hydrogen (secondary N) is 1. The van der Waals surface area contributed by atoms with Gasteiger partial charge in [-0.3, -0.25) is 0 Å². The van der Waals surface area contributed by atoms with Gasteiger partial charge in [0.2, 0.25) is 0 Å². The monoisotopic (exact) mass is 351 g/mol. The molecule has 0 radical (unpaired) electrons. The molecule has 1 aromatic rings. The van der Waals surface area contributed by atoms with Crippen LogP contribution in [-0.2, 0) is 9.84 Å². The summed E-state index contributed by atoms with van der Waals surface area (Å²) < 4.78 is 25.6. The average Bonchev–Trinajstić information content (AvgIpc) is 2.31. The van der Waals surface area contributed by atoms with Gasteiger partial charge >= 0.3 is 0 Å². The van der Waals surface area contributed by atoms with Crippen molar-refractivity contribution in [2.45, 2.75) is 23.0 Å². The molecule has 1 saturated heterocycles. The van der Waals surface area contributed by atoms with Crippen molar-refractivity contribution < 1.29 is 8.42 Å². The molecule has 0 saturated carbocycles. The van der Waals surface area contributed by atoms with Gasteiger partial charge in [0.15, 0.2) is 9.84 Å². The van der Waals surface area contributed by atoms with Gasteiger partial charge in [0.25, 0.3) is 0 Å². The Labute approximate surface area is 110 Å². The van der Waals surface area contributed by atoms with E-state index in [-0.39, 0.29) is 5.25 Å². The first-order valence-electron chi connectivity index (χ1n) is 5.31. The van der Waals surface area contributed by atoms with E-state index in [9.17, 15) is 8.42 Å². The molecular formula is C11H14INO2S. The number of halogens is 1. The van der Waals surface area contributed by atoms with Crippen molar-refractivity contribution in [1.29, 1.82) is 0 Å². The number of rotatable bonds is 2. The summed E-state index contributed by atoms with van der Waals surface area (Å²) in [6.07, 6.45) is 1.70. The molecule has 0 amide bonds. The Morgan fingerprint density at radius 1 is 1.25 bits per heavy atom. The van der Waals surface area contributed by atoms with E-state index in [1.165, 1.54) is 0 Å². The molecule has 5 heteroatoms. The fraction of sp³-hybridized carbons (Fsp3) is 0.455. The maximum Gasteiger partial charge on any atom is 0.182 e. The van der Waals surface area contributed by atoms with Crippen molar-refractivity contribution in [3.8, 4) is 0 Å². The summed E-state index contributed by atoms with van der Waals surface area (Å²) >= 11 is 2.17. The van der Waals surface area contributed by atoms with Crippen molar-refractivity contribution in [3.05, 3.63) is 27.8 Å². The molecule has 1 heterocycles. The van der Waals surface area contributed by atoms with Crippen LogP contribution in [0.5, 0.6) is 0 Å². The number of benzene rings is 1. The van der Waals surface area contributed by atoms with E-state index in [1.807, 2.05) is 12.1 Å². The number of hydrogen-bond donors (Lipinski definition) is 1. The molecule has 1 N–H and O–H groups in total. The van der Waals surface area contributed by atoms with Crippen molar-refractivity contribution in [2.75, 3.05) is 13.1 Å². The third-order valence-electron chi connectivity index (χ3n) is 2.83. The third kappa shape index (κ3) is 2.57. The van der Waals surface area contributed by atoms with Gasteiger partial charge in [0, 0.05) is 10.1 Å². The highest BCUT2D eigenvalue weighted by atomic mass is 127. The summed E-state index contributed by atoms with van der Waals surface area (Å²) in [5.74, 6) is 0. The summed E-state index contributed by atoms with van der Waals surface area (Å²) in [5, 5.41) is 2.88. The maximum atomic E-state index is 12.3. The van der Waals surface area contributed by atoms with Gasteiger partial charge in [0.1, 0.15) is 0 Å². The third-order valence-corrected chi connectivity index (χ3v) is 5.76. The first-order valence-corrected chi connectivity index (χ1v) is 7.93. The van der Waals surface area contributed by atoms with Gasteiger partial charge in [-0.25, -0.2) is 8.42 Å². The van der Waals surface area contributed by atoms with E-state index >= 15 is 0 Å². The van der Waals surface area contributed by atoms with Crippen LogP contribution in [0.1, 0.15) is 12.8 Å². The molecule has 0 spiro atoms. The summed E-state index contributed by atoms with van der Waals surface area (Å²) in [6.45, 7) is 1.51. The number of piperidine rings is 1. The van der Waals surface area contributed by atoms with E-state index in [2.05, 4.69) is 27.9 Å². The topological polar surface area (TPSA) is 46.2 Å². The average molecular weight is 351 g/mol. The highest BCUT2D eigenvalue weighted by Gasteiger charge is 2.28. The minimum atomic E-state index is -3.14. The van der Waals surface area contributed by atoms with Crippen LogP contribution in [0, 0.1) is 3.57 Å². The van der Waals surface area contributed by atoms with Crippen LogP contribution in [0.3, 0.4) is 0 Å². The van der Waals surface area contributed by atoms with Gasteiger partial charge in [-0.15, -0.1) is 0 Å². The van der Waals surface area contributed by atoms with Crippen LogP contribution in [0.4, 0.5) is 0 Å². The molecular weight excluding hydrogens is 337 g/mol. The lowest BCUT2D eigenvalue weighted by molar-refractivity contribution is 0.497. The number of sulfone groups is 1. The second kappa shape index (κ2) is 5.01. The first-order chi connectivity index (χ1) is 7.60. The van der Waals surface area contributed by atoms with Crippen LogP contribution < -0.4 is 5.32 Å². The SMILES string of the molecule is O=S(=O)(c1ccc(I)cc1)[C@H]1CCCNC1. The van der Waals surface area contributed by atoms with Crippen molar-refractivity contribution >= 4 is 32.4 Å². The molecule has 0 aromatic heterocycles. The fourth-order valence-corrected chi connectivity index (χ4v) is 3.98. The second-order valence-electron chi connectivity index (χ2n) is 3.97. The predicted octanol–water partition coefficient (Wildman–Crippen LogP) is 1.82. The lowest BCUT2D eigenvalue weighted by Crippen LogP contribution is -2.38. The summed E-state index contributed by atoms with van der Waals surface area (Å²) in [6, 6.07) is 7.07. The zero-order chi connectivity index (χ0) is 11.6. The Bertz CT molecular complexity index is 449. The molecule has 3 nitrogen and oxygen atoms in total. The minimum absolute atomic E-state index is 0.263. The molecule has 1 aliphatic heterocycles. The van der Waals surface area contributed by atoms with Gasteiger partial charge in [-0.1, -0.05) is 0 Å². The van der Waals surface area contributed by atoms with Crippen molar-refractivity contribution in [1.82, 2.24) is 5.32 Å². The molecule has 1 aromatic carbocycles. The molecule has 0 aliphatic carbocycles. The van der Waals surface area contributed by atoms with E-state index < -0.39 is 9.84 Å². The quantitative estimate of drug-likeness (QED) is 0.827. The molecule has 2 rings (SSSR count). The minimum Gasteiger partial charge on any atom is -0.315 e. The van der Waals surface area contributed by atoms with Gasteiger partial charge in [-0.2, -0.15) is 0 Å².